The van der Waals surface area contributed by atoms with Crippen molar-refractivity contribution in [1.82, 2.24) is 8.61 Å². The van der Waals surface area contributed by atoms with Crippen LogP contribution in [0.4, 0.5) is 0 Å². The van der Waals surface area contributed by atoms with Gasteiger partial charge < -0.3 is 18.9 Å². The van der Waals surface area contributed by atoms with E-state index >= 15 is 16.8 Å². The third-order valence-corrected chi connectivity index (χ3v) is 18.5. The Bertz CT molecular complexity index is 2670. The molecule has 4 aromatic rings. The fraction of sp³-hybridized carbons (Fsp3) is 0.536. The lowest BCUT2D eigenvalue weighted by atomic mass is 9.80. The van der Waals surface area contributed by atoms with Crippen LogP contribution in [0.2, 0.25) is 0 Å². The van der Waals surface area contributed by atoms with E-state index in [1.165, 1.54) is 22.5 Å². The lowest BCUT2D eigenvalue weighted by molar-refractivity contribution is -0.133. The molecule has 382 valence electrons. The third kappa shape index (κ3) is 10.5. The largest absolute Gasteiger partial charge is 0.426 e. The van der Waals surface area contributed by atoms with E-state index in [2.05, 4.69) is 0 Å². The number of hydrogen-bond acceptors (Lipinski definition) is 10. The van der Waals surface area contributed by atoms with E-state index in [0.29, 0.717) is 46.2 Å². The average Bonchev–Trinajstić information content (AvgIpc) is 3.88. The number of carbonyl (C=O) groups is 2. The molecule has 2 fully saturated rings. The van der Waals surface area contributed by atoms with Crippen LogP contribution in [-0.4, -0.2) is 62.7 Å². The molecule has 2 aliphatic heterocycles. The fourth-order valence-electron chi connectivity index (χ4n) is 10.3. The van der Waals surface area contributed by atoms with Gasteiger partial charge in [0.2, 0.25) is 20.0 Å². The summed E-state index contributed by atoms with van der Waals surface area (Å²) >= 11 is 0. The summed E-state index contributed by atoms with van der Waals surface area (Å²) in [6.07, 6.45) is -1.21. The van der Waals surface area contributed by atoms with Crippen LogP contribution in [0.15, 0.2) is 58.3 Å². The molecule has 0 spiro atoms. The Labute approximate surface area is 418 Å². The predicted molar refractivity (Wildman–Crippen MR) is 275 cm³/mol. The minimum atomic E-state index is -4.30. The van der Waals surface area contributed by atoms with Crippen molar-refractivity contribution in [3.05, 3.63) is 104 Å². The molecule has 2 saturated heterocycles. The number of nitrogens with zero attached hydrogens (tertiary/aromatic N) is 2. The van der Waals surface area contributed by atoms with Crippen molar-refractivity contribution < 1.29 is 45.4 Å². The van der Waals surface area contributed by atoms with Crippen LogP contribution < -0.4 is 9.47 Å². The van der Waals surface area contributed by atoms with E-state index in [9.17, 15) is 9.59 Å². The second-order valence-corrected chi connectivity index (χ2v) is 25.5. The normalized spacial score (nSPS) is 20.4. The van der Waals surface area contributed by atoms with E-state index in [0.717, 1.165) is 22.3 Å². The lowest BCUT2D eigenvalue weighted by Crippen LogP contribution is -2.42. The Kier molecular flexibility index (Phi) is 15.9. The Morgan fingerprint density at radius 1 is 0.571 bits per heavy atom. The summed E-state index contributed by atoms with van der Waals surface area (Å²) in [6.45, 7) is 33.9. The van der Waals surface area contributed by atoms with E-state index in [1.807, 2.05) is 132 Å². The first kappa shape index (κ1) is 54.9. The molecule has 2 aliphatic rings. The van der Waals surface area contributed by atoms with Gasteiger partial charge >= 0.3 is 11.9 Å². The maximum atomic E-state index is 15.5. The molecule has 12 nitrogen and oxygen atoms in total. The predicted octanol–water partition coefficient (Wildman–Crippen LogP) is 11.9. The summed E-state index contributed by atoms with van der Waals surface area (Å²) < 4.78 is 90.9. The van der Waals surface area contributed by atoms with Gasteiger partial charge in [-0.15, -0.1) is 0 Å². The van der Waals surface area contributed by atoms with Gasteiger partial charge in [0.15, 0.2) is 12.5 Å². The molecule has 0 bridgehead atoms. The van der Waals surface area contributed by atoms with Crippen LogP contribution in [0.3, 0.4) is 0 Å². The molecule has 0 N–H and O–H groups in total. The van der Waals surface area contributed by atoms with Gasteiger partial charge in [-0.2, -0.15) is 8.61 Å². The highest BCUT2D eigenvalue weighted by Gasteiger charge is 2.50. The second kappa shape index (κ2) is 20.2. The molecule has 4 aromatic carbocycles. The third-order valence-electron chi connectivity index (χ3n) is 14.1. The van der Waals surface area contributed by atoms with E-state index in [-0.39, 0.29) is 57.5 Å². The summed E-state index contributed by atoms with van der Waals surface area (Å²) in [5.74, 6) is -1.60. The van der Waals surface area contributed by atoms with Crippen LogP contribution in [0.1, 0.15) is 164 Å². The van der Waals surface area contributed by atoms with Crippen LogP contribution in [0, 0.1) is 53.4 Å². The molecule has 2 unspecified atom stereocenters. The van der Waals surface area contributed by atoms with Gasteiger partial charge in [0.25, 0.3) is 0 Å². The number of rotatable bonds is 13. The van der Waals surface area contributed by atoms with E-state index in [4.69, 9.17) is 18.9 Å². The minimum absolute atomic E-state index is 0.0125. The summed E-state index contributed by atoms with van der Waals surface area (Å²) in [5.41, 5.74) is 5.77. The number of benzene rings is 4. The maximum Gasteiger partial charge on any atom is 0.308 e. The molecular weight excluding hydrogens is 925 g/mol. The van der Waals surface area contributed by atoms with Crippen molar-refractivity contribution in [2.24, 2.45) is 11.8 Å². The van der Waals surface area contributed by atoms with Gasteiger partial charge in [-0.25, -0.2) is 16.8 Å². The van der Waals surface area contributed by atoms with Crippen LogP contribution in [-0.2, 0) is 49.9 Å². The highest BCUT2D eigenvalue weighted by Crippen LogP contribution is 2.53. The number of carbonyl (C=O) groups excluding carboxylic acids is 2. The Hall–Kier alpha value is -4.44. The number of hydrogen-bond donors (Lipinski definition) is 0. The molecule has 0 radical (unpaired) electrons. The zero-order valence-corrected chi connectivity index (χ0v) is 46.3. The molecule has 14 heteroatoms. The van der Waals surface area contributed by atoms with Crippen molar-refractivity contribution in [3.63, 3.8) is 0 Å². The molecule has 70 heavy (non-hydrogen) atoms. The van der Waals surface area contributed by atoms with Gasteiger partial charge in [-0.05, 0) is 122 Å². The summed E-state index contributed by atoms with van der Waals surface area (Å²) in [4.78, 5) is 27.5. The zero-order chi connectivity index (χ0) is 52.3. The lowest BCUT2D eigenvalue weighted by Gasteiger charge is -2.34. The Morgan fingerprint density at radius 2 is 0.871 bits per heavy atom. The van der Waals surface area contributed by atoms with Crippen molar-refractivity contribution in [1.29, 1.82) is 0 Å². The fourth-order valence-corrected chi connectivity index (χ4v) is 14.7. The molecule has 0 aromatic heterocycles. The number of ether oxygens (including phenoxy) is 4. The van der Waals surface area contributed by atoms with Crippen molar-refractivity contribution in [2.75, 3.05) is 13.2 Å². The molecular formula is C56H76N2O10S2. The number of esters is 2. The molecule has 0 aliphatic carbocycles. The average molecular weight is 1000 g/mol. The van der Waals surface area contributed by atoms with Gasteiger partial charge in [-0.1, -0.05) is 117 Å². The molecule has 2 heterocycles. The Morgan fingerprint density at radius 3 is 1.13 bits per heavy atom. The molecule has 0 saturated carbocycles. The van der Waals surface area contributed by atoms with Crippen LogP contribution >= 0.6 is 0 Å². The number of aryl methyl sites for hydroxylation is 6. The van der Waals surface area contributed by atoms with Gasteiger partial charge in [0.1, 0.15) is 11.5 Å². The summed E-state index contributed by atoms with van der Waals surface area (Å²) in [6, 6.07) is 13.7. The zero-order valence-electron chi connectivity index (χ0n) is 44.7. The first-order valence-electron chi connectivity index (χ1n) is 24.6. The van der Waals surface area contributed by atoms with Crippen molar-refractivity contribution in [3.8, 4) is 22.6 Å². The van der Waals surface area contributed by atoms with Crippen molar-refractivity contribution >= 4 is 32.0 Å². The first-order valence-corrected chi connectivity index (χ1v) is 27.4. The monoisotopic (exact) mass is 1000 g/mol. The van der Waals surface area contributed by atoms with E-state index < -0.39 is 67.4 Å². The topological polar surface area (TPSA) is 146 Å². The number of sulfonamides is 2. The summed E-state index contributed by atoms with van der Waals surface area (Å²) in [5, 5.41) is 0. The second-order valence-electron chi connectivity index (χ2n) is 22.0. The molecule has 6 rings (SSSR count). The maximum absolute atomic E-state index is 15.5. The van der Waals surface area contributed by atoms with Crippen molar-refractivity contribution in [2.45, 2.75) is 183 Å². The van der Waals surface area contributed by atoms with Gasteiger partial charge in [0.05, 0.1) is 35.1 Å². The SMILES string of the molecule is CCC(C)[C@H]1CO[C@@H](c2cc(C(C)(C)C)cc(-c3cc(C(C)(C)C)cc([C@@H]4OC[C@H](C(C)CC)N4S(=O)(=O)c4c(C)cc(C)cc4C)c3OC(C)=O)c2OC(C)=O)N1S(=O)(=O)c1c(C)cc(C)cc1C. The smallest absolute Gasteiger partial charge is 0.308 e. The first-order chi connectivity index (χ1) is 32.4. The van der Waals surface area contributed by atoms with Crippen LogP contribution in [0.5, 0.6) is 11.5 Å². The highest BCUT2D eigenvalue weighted by atomic mass is 32.2. The minimum Gasteiger partial charge on any atom is -0.426 e. The Balaban J connectivity index is 1.76. The van der Waals surface area contributed by atoms with Gasteiger partial charge in [0, 0.05) is 36.1 Å². The highest BCUT2D eigenvalue weighted by molar-refractivity contribution is 7.89. The van der Waals surface area contributed by atoms with E-state index in [1.54, 1.807) is 27.7 Å². The molecule has 6 atom stereocenters. The summed E-state index contributed by atoms with van der Waals surface area (Å²) in [7, 11) is -8.61. The van der Waals surface area contributed by atoms with Crippen LogP contribution in [0.25, 0.3) is 11.1 Å². The molecule has 0 amide bonds. The quantitative estimate of drug-likeness (QED) is 0.0937. The standard InChI is InChI=1S/C56H76N2O10S2/c1-19-33(5)47-29-65-53(57(47)69(61,62)51-35(7)21-31(3)22-36(51)8)45-27-41(55(13,14)15)25-43(49(45)67-39(11)59)44-26-42(56(16,17)18)28-46(50(44)68-40(12)60)54-58(48(30-66-54)34(6)20-2)70(63,64)52-37(9)23-32(4)24-38(52)10/h21-28,33-34,47-48,53-54H,19-20,29-30H2,1-18H3/t33?,34?,47-,48-,53+,54+/m1/s1. The van der Waals surface area contributed by atoms with Gasteiger partial charge in [-0.3, -0.25) is 9.59 Å².